The normalized spacial score (nSPS) is 13.7. The molecule has 0 bridgehead atoms. The second-order valence-electron chi connectivity index (χ2n) is 7.92. The molecule has 0 spiro atoms. The number of nitrogens with zero attached hydrogens (tertiary/aromatic N) is 2. The van der Waals surface area contributed by atoms with Crippen molar-refractivity contribution < 1.29 is 14.3 Å². The van der Waals surface area contributed by atoms with Gasteiger partial charge in [0.15, 0.2) is 0 Å². The number of carbonyl (C=O) groups is 2. The van der Waals surface area contributed by atoms with Crippen LogP contribution in [0, 0.1) is 0 Å². The third kappa shape index (κ3) is 5.65. The highest BCUT2D eigenvalue weighted by molar-refractivity contribution is 6.30. The van der Waals surface area contributed by atoms with Crippen LogP contribution < -0.4 is 15.0 Å². The van der Waals surface area contributed by atoms with Crippen LogP contribution in [-0.4, -0.2) is 37.0 Å². The average Bonchev–Trinajstić information content (AvgIpc) is 2.85. The summed E-state index contributed by atoms with van der Waals surface area (Å²) in [6.45, 7) is 2.30. The van der Waals surface area contributed by atoms with Gasteiger partial charge in [0.2, 0.25) is 0 Å². The predicted octanol–water partition coefficient (Wildman–Crippen LogP) is 5.11. The van der Waals surface area contributed by atoms with Crippen molar-refractivity contribution in [3.8, 4) is 5.75 Å². The molecule has 1 aliphatic heterocycles. The lowest BCUT2D eigenvalue weighted by atomic mass is 10.1. The van der Waals surface area contributed by atoms with Gasteiger partial charge in [-0.15, -0.1) is 0 Å². The first-order valence-electron chi connectivity index (χ1n) is 10.9. The number of carbonyl (C=O) groups excluding carboxylic acids is 2. The van der Waals surface area contributed by atoms with Gasteiger partial charge < -0.3 is 15.0 Å². The molecule has 7 heteroatoms. The number of ether oxygens (including phenoxy) is 1. The Morgan fingerprint density at radius 2 is 1.76 bits per heavy atom. The molecule has 1 aliphatic rings. The molecular formula is C26H26ClN3O3. The zero-order valence-corrected chi connectivity index (χ0v) is 19.2. The molecule has 0 atom stereocenters. The van der Waals surface area contributed by atoms with Crippen LogP contribution in [-0.2, 0) is 13.1 Å². The Morgan fingerprint density at radius 1 is 1.00 bits per heavy atom. The van der Waals surface area contributed by atoms with E-state index >= 15 is 0 Å². The minimum absolute atomic E-state index is 0.0357. The average molecular weight is 464 g/mol. The van der Waals surface area contributed by atoms with Crippen molar-refractivity contribution in [3.63, 3.8) is 0 Å². The highest BCUT2D eigenvalue weighted by atomic mass is 35.5. The van der Waals surface area contributed by atoms with Crippen LogP contribution in [0.4, 0.5) is 10.5 Å². The molecule has 0 saturated carbocycles. The molecule has 0 radical (unpaired) electrons. The van der Waals surface area contributed by atoms with Crippen molar-refractivity contribution in [2.75, 3.05) is 25.1 Å². The Bertz CT molecular complexity index is 1120. The maximum absolute atomic E-state index is 13.1. The third-order valence-electron chi connectivity index (χ3n) is 5.63. The Morgan fingerprint density at radius 3 is 2.48 bits per heavy atom. The van der Waals surface area contributed by atoms with Gasteiger partial charge in [-0.1, -0.05) is 35.9 Å². The number of urea groups is 1. The summed E-state index contributed by atoms with van der Waals surface area (Å²) in [6, 6.07) is 22.2. The first-order valence-corrected chi connectivity index (χ1v) is 11.2. The largest absolute Gasteiger partial charge is 0.497 e. The smallest absolute Gasteiger partial charge is 0.324 e. The van der Waals surface area contributed by atoms with Crippen LogP contribution >= 0.6 is 11.6 Å². The number of nitrogens with one attached hydrogen (secondary N) is 1. The first-order chi connectivity index (χ1) is 16.0. The summed E-state index contributed by atoms with van der Waals surface area (Å²) in [5.41, 5.74) is 3.32. The van der Waals surface area contributed by atoms with Gasteiger partial charge in [-0.25, -0.2) is 4.79 Å². The number of hydrogen-bond acceptors (Lipinski definition) is 3. The number of anilines is 1. The molecule has 1 saturated heterocycles. The molecule has 1 N–H and O–H groups in total. The number of benzene rings is 3. The van der Waals surface area contributed by atoms with E-state index < -0.39 is 0 Å². The maximum Gasteiger partial charge on any atom is 0.324 e. The lowest BCUT2D eigenvalue weighted by Gasteiger charge is -2.35. The monoisotopic (exact) mass is 463 g/mol. The summed E-state index contributed by atoms with van der Waals surface area (Å²) < 4.78 is 5.22. The number of halogens is 1. The second kappa shape index (κ2) is 10.4. The Labute approximate surface area is 198 Å². The van der Waals surface area contributed by atoms with Crippen LogP contribution in [0.5, 0.6) is 5.75 Å². The lowest BCUT2D eigenvalue weighted by Crippen LogP contribution is -2.49. The van der Waals surface area contributed by atoms with Gasteiger partial charge >= 0.3 is 6.03 Å². The van der Waals surface area contributed by atoms with Crippen LogP contribution in [0.3, 0.4) is 0 Å². The van der Waals surface area contributed by atoms with Crippen LogP contribution in [0.2, 0.25) is 5.02 Å². The quantitative estimate of drug-likeness (QED) is 0.529. The summed E-state index contributed by atoms with van der Waals surface area (Å²) in [5.74, 6) is 0.584. The SMILES string of the molecule is COc1cccc(CNC(=O)c2ccc(N3CCCN(Cc4ccc(Cl)cc4)C3=O)cc2)c1. The molecule has 3 aromatic carbocycles. The fraction of sp³-hybridized carbons (Fsp3) is 0.231. The molecule has 1 fully saturated rings. The highest BCUT2D eigenvalue weighted by Gasteiger charge is 2.26. The second-order valence-corrected chi connectivity index (χ2v) is 8.35. The van der Waals surface area contributed by atoms with Crippen LogP contribution in [0.25, 0.3) is 0 Å². The zero-order valence-electron chi connectivity index (χ0n) is 18.5. The van der Waals surface area contributed by atoms with E-state index in [1.165, 1.54) is 0 Å². The van der Waals surface area contributed by atoms with Gasteiger partial charge in [0.25, 0.3) is 5.91 Å². The Hall–Kier alpha value is -3.51. The molecule has 4 rings (SSSR count). The first kappa shape index (κ1) is 22.7. The van der Waals surface area contributed by atoms with Gasteiger partial charge in [0.05, 0.1) is 7.11 Å². The molecule has 0 aliphatic carbocycles. The number of hydrogen-bond donors (Lipinski definition) is 1. The van der Waals surface area contributed by atoms with Gasteiger partial charge in [0, 0.05) is 42.5 Å². The zero-order chi connectivity index (χ0) is 23.2. The third-order valence-corrected chi connectivity index (χ3v) is 5.88. The summed E-state index contributed by atoms with van der Waals surface area (Å²) in [7, 11) is 1.61. The summed E-state index contributed by atoms with van der Waals surface area (Å²) >= 11 is 5.96. The number of methoxy groups -OCH3 is 1. The molecule has 6 nitrogen and oxygen atoms in total. The van der Waals surface area contributed by atoms with Crippen molar-refractivity contribution >= 4 is 29.2 Å². The van der Waals surface area contributed by atoms with Crippen molar-refractivity contribution in [3.05, 3.63) is 94.5 Å². The molecule has 170 valence electrons. The fourth-order valence-corrected chi connectivity index (χ4v) is 3.96. The standard InChI is InChI=1S/C26H26ClN3O3/c1-33-24-5-2-4-20(16-24)17-28-25(31)21-8-12-23(13-9-21)30-15-3-14-29(26(30)32)18-19-6-10-22(27)11-7-19/h2,4-13,16H,3,14-15,17-18H2,1H3,(H,28,31). The minimum atomic E-state index is -0.168. The van der Waals surface area contributed by atoms with E-state index in [1.54, 1.807) is 24.1 Å². The summed E-state index contributed by atoms with van der Waals surface area (Å²) in [4.78, 5) is 29.2. The summed E-state index contributed by atoms with van der Waals surface area (Å²) in [6.07, 6.45) is 0.877. The van der Waals surface area contributed by atoms with Crippen molar-refractivity contribution in [1.29, 1.82) is 0 Å². The van der Waals surface area contributed by atoms with E-state index in [1.807, 2.05) is 65.6 Å². The van der Waals surface area contributed by atoms with E-state index in [0.717, 1.165) is 29.0 Å². The van der Waals surface area contributed by atoms with Gasteiger partial charge in [-0.2, -0.15) is 0 Å². The van der Waals surface area contributed by atoms with E-state index in [2.05, 4.69) is 5.32 Å². The molecule has 1 heterocycles. The fourth-order valence-electron chi connectivity index (χ4n) is 3.84. The maximum atomic E-state index is 13.1. The van der Waals surface area contributed by atoms with E-state index in [9.17, 15) is 9.59 Å². The predicted molar refractivity (Wildman–Crippen MR) is 130 cm³/mol. The van der Waals surface area contributed by atoms with E-state index in [-0.39, 0.29) is 11.9 Å². The van der Waals surface area contributed by atoms with Crippen molar-refractivity contribution in [1.82, 2.24) is 10.2 Å². The van der Waals surface area contributed by atoms with Crippen molar-refractivity contribution in [2.24, 2.45) is 0 Å². The molecular weight excluding hydrogens is 438 g/mol. The molecule has 0 aromatic heterocycles. The summed E-state index contributed by atoms with van der Waals surface area (Å²) in [5, 5.41) is 3.60. The number of rotatable bonds is 7. The molecule has 3 aromatic rings. The van der Waals surface area contributed by atoms with Crippen LogP contribution in [0.1, 0.15) is 27.9 Å². The topological polar surface area (TPSA) is 61.9 Å². The Balaban J connectivity index is 1.37. The Kier molecular flexibility index (Phi) is 7.15. The molecule has 0 unspecified atom stereocenters. The van der Waals surface area contributed by atoms with Crippen LogP contribution in [0.15, 0.2) is 72.8 Å². The molecule has 3 amide bonds. The van der Waals surface area contributed by atoms with Gasteiger partial charge in [-0.05, 0) is 66.1 Å². The van der Waals surface area contributed by atoms with E-state index in [4.69, 9.17) is 16.3 Å². The van der Waals surface area contributed by atoms with Crippen molar-refractivity contribution in [2.45, 2.75) is 19.5 Å². The van der Waals surface area contributed by atoms with Gasteiger partial charge in [0.1, 0.15) is 5.75 Å². The lowest BCUT2D eigenvalue weighted by molar-refractivity contribution is 0.0951. The molecule has 33 heavy (non-hydrogen) atoms. The van der Waals surface area contributed by atoms with Gasteiger partial charge in [-0.3, -0.25) is 9.69 Å². The van der Waals surface area contributed by atoms with E-state index in [0.29, 0.717) is 36.8 Å². The number of amides is 3. The minimum Gasteiger partial charge on any atom is -0.497 e. The highest BCUT2D eigenvalue weighted by Crippen LogP contribution is 2.23.